The summed E-state index contributed by atoms with van der Waals surface area (Å²) in [5, 5.41) is 11.3. The average molecular weight is 225 g/mol. The minimum absolute atomic E-state index is 0.167. The molecule has 0 saturated carbocycles. The molecule has 1 N–H and O–H groups in total. The molecule has 1 aliphatic rings. The van der Waals surface area contributed by atoms with Crippen LogP contribution in [0.1, 0.15) is 17.7 Å². The van der Waals surface area contributed by atoms with Crippen LogP contribution < -0.4 is 0 Å². The van der Waals surface area contributed by atoms with Crippen molar-refractivity contribution in [3.05, 3.63) is 22.4 Å². The molecule has 1 aromatic rings. The first kappa shape index (κ1) is 10.6. The van der Waals surface area contributed by atoms with E-state index in [0.717, 1.165) is 12.8 Å². The molecule has 15 heavy (non-hydrogen) atoms. The lowest BCUT2D eigenvalue weighted by atomic mass is 10.2. The predicted molar refractivity (Wildman–Crippen MR) is 59.8 cm³/mol. The summed E-state index contributed by atoms with van der Waals surface area (Å²) in [6.07, 6.45) is 1.80. The van der Waals surface area contributed by atoms with Crippen LogP contribution in [0.2, 0.25) is 0 Å². The van der Waals surface area contributed by atoms with Gasteiger partial charge in [0.2, 0.25) is 5.91 Å². The molecule has 1 saturated heterocycles. The highest BCUT2D eigenvalue weighted by atomic mass is 32.1. The maximum atomic E-state index is 11.7. The summed E-state index contributed by atoms with van der Waals surface area (Å²) in [5.74, 6) is 0.167. The van der Waals surface area contributed by atoms with E-state index in [1.807, 2.05) is 11.4 Å². The van der Waals surface area contributed by atoms with Crippen molar-refractivity contribution in [3.8, 4) is 0 Å². The highest BCUT2D eigenvalue weighted by molar-refractivity contribution is 7.09. The SMILES string of the molecule is O=C(CCc1cccs1)N1CC[C@H](O)C1. The number of hydrogen-bond donors (Lipinski definition) is 1. The van der Waals surface area contributed by atoms with E-state index in [2.05, 4.69) is 6.07 Å². The zero-order valence-corrected chi connectivity index (χ0v) is 9.37. The Balaban J connectivity index is 1.78. The number of β-amino-alcohol motifs (C(OH)–C–C–N with tert-alkyl or cyclic N) is 1. The van der Waals surface area contributed by atoms with Crippen LogP contribution in [0.5, 0.6) is 0 Å². The minimum Gasteiger partial charge on any atom is -0.391 e. The molecule has 0 bridgehead atoms. The Kier molecular flexibility index (Phi) is 3.38. The third-order valence-corrected chi connectivity index (χ3v) is 3.62. The van der Waals surface area contributed by atoms with Crippen molar-refractivity contribution in [1.29, 1.82) is 0 Å². The van der Waals surface area contributed by atoms with Crippen LogP contribution in [0.15, 0.2) is 17.5 Å². The van der Waals surface area contributed by atoms with Gasteiger partial charge < -0.3 is 10.0 Å². The quantitative estimate of drug-likeness (QED) is 0.841. The van der Waals surface area contributed by atoms with Gasteiger partial charge in [-0.3, -0.25) is 4.79 Å². The second-order valence-electron chi connectivity index (χ2n) is 3.86. The van der Waals surface area contributed by atoms with Gasteiger partial charge in [0.05, 0.1) is 6.10 Å². The van der Waals surface area contributed by atoms with E-state index in [-0.39, 0.29) is 12.0 Å². The first-order valence-electron chi connectivity index (χ1n) is 5.24. The van der Waals surface area contributed by atoms with Crippen LogP contribution >= 0.6 is 11.3 Å². The fourth-order valence-electron chi connectivity index (χ4n) is 1.81. The topological polar surface area (TPSA) is 40.5 Å². The zero-order valence-electron chi connectivity index (χ0n) is 8.56. The second kappa shape index (κ2) is 4.77. The van der Waals surface area contributed by atoms with Gasteiger partial charge >= 0.3 is 0 Å². The van der Waals surface area contributed by atoms with Crippen LogP contribution in [0.25, 0.3) is 0 Å². The average Bonchev–Trinajstić information content (AvgIpc) is 2.84. The molecule has 0 aromatic carbocycles. The summed E-state index contributed by atoms with van der Waals surface area (Å²) in [4.78, 5) is 14.7. The van der Waals surface area contributed by atoms with Crippen LogP contribution in [0, 0.1) is 0 Å². The van der Waals surface area contributed by atoms with Crippen molar-refractivity contribution in [2.75, 3.05) is 13.1 Å². The zero-order chi connectivity index (χ0) is 10.7. The smallest absolute Gasteiger partial charge is 0.223 e. The number of aliphatic hydroxyl groups excluding tert-OH is 1. The number of thiophene rings is 1. The minimum atomic E-state index is -0.310. The van der Waals surface area contributed by atoms with Crippen molar-refractivity contribution in [2.45, 2.75) is 25.4 Å². The Hall–Kier alpha value is -0.870. The number of hydrogen-bond acceptors (Lipinski definition) is 3. The number of amides is 1. The molecular formula is C11H15NO2S. The van der Waals surface area contributed by atoms with Gasteiger partial charge in [0.15, 0.2) is 0 Å². The Morgan fingerprint density at radius 3 is 3.13 bits per heavy atom. The van der Waals surface area contributed by atoms with Gasteiger partial charge in [-0.2, -0.15) is 0 Å². The molecule has 0 unspecified atom stereocenters. The van der Waals surface area contributed by atoms with E-state index < -0.39 is 0 Å². The molecule has 3 nitrogen and oxygen atoms in total. The number of carbonyl (C=O) groups excluding carboxylic acids is 1. The fraction of sp³-hybridized carbons (Fsp3) is 0.545. The van der Waals surface area contributed by atoms with Gasteiger partial charge in [-0.05, 0) is 24.3 Å². The van der Waals surface area contributed by atoms with E-state index in [9.17, 15) is 9.90 Å². The Morgan fingerprint density at radius 1 is 1.67 bits per heavy atom. The van der Waals surface area contributed by atoms with Gasteiger partial charge in [0.25, 0.3) is 0 Å². The highest BCUT2D eigenvalue weighted by Gasteiger charge is 2.23. The molecule has 0 spiro atoms. The van der Waals surface area contributed by atoms with Gasteiger partial charge in [-0.15, -0.1) is 11.3 Å². The number of likely N-dealkylation sites (tertiary alicyclic amines) is 1. The molecule has 0 radical (unpaired) electrons. The summed E-state index contributed by atoms with van der Waals surface area (Å²) in [5.41, 5.74) is 0. The van der Waals surface area contributed by atoms with Crippen molar-refractivity contribution in [1.82, 2.24) is 4.90 Å². The maximum Gasteiger partial charge on any atom is 0.223 e. The number of rotatable bonds is 3. The van der Waals surface area contributed by atoms with Gasteiger partial charge in [0.1, 0.15) is 0 Å². The summed E-state index contributed by atoms with van der Waals surface area (Å²) in [7, 11) is 0. The molecule has 2 rings (SSSR count). The van der Waals surface area contributed by atoms with E-state index in [0.29, 0.717) is 19.5 Å². The van der Waals surface area contributed by atoms with E-state index in [4.69, 9.17) is 0 Å². The first-order chi connectivity index (χ1) is 7.25. The normalized spacial score (nSPS) is 20.9. The number of aliphatic hydroxyl groups is 1. The molecule has 0 aliphatic carbocycles. The predicted octanol–water partition coefficient (Wildman–Crippen LogP) is 1.27. The Labute approximate surface area is 93.3 Å². The summed E-state index contributed by atoms with van der Waals surface area (Å²) < 4.78 is 0. The monoisotopic (exact) mass is 225 g/mol. The first-order valence-corrected chi connectivity index (χ1v) is 6.12. The van der Waals surface area contributed by atoms with E-state index in [1.54, 1.807) is 16.2 Å². The lowest BCUT2D eigenvalue weighted by molar-refractivity contribution is -0.130. The number of nitrogens with zero attached hydrogens (tertiary/aromatic N) is 1. The second-order valence-corrected chi connectivity index (χ2v) is 4.89. The van der Waals surface area contributed by atoms with Crippen LogP contribution in [-0.4, -0.2) is 35.1 Å². The van der Waals surface area contributed by atoms with Crippen molar-refractivity contribution in [3.63, 3.8) is 0 Å². The summed E-state index contributed by atoms with van der Waals surface area (Å²) in [6, 6.07) is 4.06. The molecule has 2 heterocycles. The lowest BCUT2D eigenvalue weighted by Gasteiger charge is -2.14. The Bertz CT molecular complexity index is 323. The van der Waals surface area contributed by atoms with E-state index in [1.165, 1.54) is 4.88 Å². The van der Waals surface area contributed by atoms with Crippen LogP contribution in [-0.2, 0) is 11.2 Å². The van der Waals surface area contributed by atoms with Crippen LogP contribution in [0.3, 0.4) is 0 Å². The van der Waals surface area contributed by atoms with E-state index >= 15 is 0 Å². The summed E-state index contributed by atoms with van der Waals surface area (Å²) >= 11 is 1.69. The molecule has 1 aliphatic heterocycles. The molecule has 4 heteroatoms. The van der Waals surface area contributed by atoms with Crippen molar-refractivity contribution < 1.29 is 9.90 Å². The van der Waals surface area contributed by atoms with Crippen LogP contribution in [0.4, 0.5) is 0 Å². The third-order valence-electron chi connectivity index (χ3n) is 2.68. The number of aryl methyl sites for hydroxylation is 1. The third kappa shape index (κ3) is 2.79. The standard InChI is InChI=1S/C11H15NO2S/c13-9-5-6-12(8-9)11(14)4-3-10-2-1-7-15-10/h1-2,7,9,13H,3-6,8H2/t9-/m0/s1. The largest absolute Gasteiger partial charge is 0.391 e. The van der Waals surface area contributed by atoms with Gasteiger partial charge in [-0.25, -0.2) is 0 Å². The number of carbonyl (C=O) groups is 1. The molecule has 1 aromatic heterocycles. The molecule has 1 fully saturated rings. The van der Waals surface area contributed by atoms with Crippen molar-refractivity contribution in [2.24, 2.45) is 0 Å². The highest BCUT2D eigenvalue weighted by Crippen LogP contribution is 2.14. The molecule has 1 amide bonds. The molecular weight excluding hydrogens is 210 g/mol. The van der Waals surface area contributed by atoms with Gasteiger partial charge in [0, 0.05) is 24.4 Å². The van der Waals surface area contributed by atoms with Gasteiger partial charge in [-0.1, -0.05) is 6.07 Å². The fourth-order valence-corrected chi connectivity index (χ4v) is 2.52. The Morgan fingerprint density at radius 2 is 2.53 bits per heavy atom. The molecule has 1 atom stereocenters. The summed E-state index contributed by atoms with van der Waals surface area (Å²) in [6.45, 7) is 1.23. The lowest BCUT2D eigenvalue weighted by Crippen LogP contribution is -2.29. The maximum absolute atomic E-state index is 11.7. The molecule has 82 valence electrons. The van der Waals surface area contributed by atoms with Crippen molar-refractivity contribution >= 4 is 17.2 Å².